The second-order valence-corrected chi connectivity index (χ2v) is 10.7. The summed E-state index contributed by atoms with van der Waals surface area (Å²) in [4.78, 5) is 20.3. The van der Waals surface area contributed by atoms with Crippen molar-refractivity contribution < 1.29 is 49.0 Å². The van der Waals surface area contributed by atoms with Gasteiger partial charge in [0.25, 0.3) is 5.95 Å². The summed E-state index contributed by atoms with van der Waals surface area (Å²) in [5.74, 6) is -0.331. The number of pyridine rings is 1. The number of aromatic nitrogens is 5. The third kappa shape index (κ3) is 7.61. The third-order valence-corrected chi connectivity index (χ3v) is 7.04. The average molecular weight is 669 g/mol. The van der Waals surface area contributed by atoms with E-state index < -0.39 is 71.7 Å². The molecule has 0 saturated carbocycles. The Labute approximate surface area is 256 Å². The van der Waals surface area contributed by atoms with Gasteiger partial charge >= 0.3 is 24.6 Å². The van der Waals surface area contributed by atoms with E-state index in [9.17, 15) is 44.3 Å². The maximum Gasteiger partial charge on any atom is 0.433 e. The molecule has 0 unspecified atom stereocenters. The smallest absolute Gasteiger partial charge is 0.433 e. The van der Waals surface area contributed by atoms with Crippen molar-refractivity contribution in [2.75, 3.05) is 16.3 Å². The lowest BCUT2D eigenvalue weighted by molar-refractivity contribution is -0.143. The molecule has 252 valence electrons. The number of ether oxygens (including phenoxy) is 1. The normalized spacial score (nSPS) is 17.3. The highest BCUT2D eigenvalue weighted by atomic mass is 19.4. The lowest BCUT2D eigenvalue weighted by Crippen LogP contribution is -2.49. The van der Waals surface area contributed by atoms with Crippen LogP contribution in [0.15, 0.2) is 30.3 Å². The van der Waals surface area contributed by atoms with Gasteiger partial charge in [-0.1, -0.05) is 12.0 Å². The van der Waals surface area contributed by atoms with Gasteiger partial charge in [0.1, 0.15) is 5.69 Å². The zero-order chi connectivity index (χ0) is 34.2. The van der Waals surface area contributed by atoms with Crippen molar-refractivity contribution in [2.45, 2.75) is 83.4 Å². The van der Waals surface area contributed by atoms with Crippen molar-refractivity contribution >= 4 is 17.7 Å². The first-order chi connectivity index (χ1) is 21.3. The van der Waals surface area contributed by atoms with Gasteiger partial charge in [0.15, 0.2) is 0 Å². The minimum Gasteiger partial charge on any atom is -0.446 e. The molecule has 0 aliphatic carbocycles. The Morgan fingerprint density at radius 1 is 1.02 bits per heavy atom. The Hall–Kier alpha value is -4.16. The van der Waals surface area contributed by atoms with E-state index in [2.05, 4.69) is 20.4 Å². The number of carbonyl (C=O) groups is 1. The molecular formula is C27H29F9N8O2. The van der Waals surface area contributed by atoms with E-state index in [4.69, 9.17) is 10.5 Å². The minimum absolute atomic E-state index is 0.0206. The summed E-state index contributed by atoms with van der Waals surface area (Å²) in [6.45, 7) is 4.14. The Bertz CT molecular complexity index is 1510. The largest absolute Gasteiger partial charge is 0.446 e. The summed E-state index contributed by atoms with van der Waals surface area (Å²) < 4.78 is 129. The maximum atomic E-state index is 13.9. The predicted octanol–water partition coefficient (Wildman–Crippen LogP) is 6.36. The number of alkyl halides is 9. The molecule has 1 amide bonds. The minimum atomic E-state index is -5.16. The van der Waals surface area contributed by atoms with E-state index >= 15 is 0 Å². The topological polar surface area (TPSA) is 115 Å². The van der Waals surface area contributed by atoms with Crippen LogP contribution in [0.5, 0.6) is 0 Å². The Kier molecular flexibility index (Phi) is 9.75. The molecule has 0 spiro atoms. The highest BCUT2D eigenvalue weighted by molar-refractivity contribution is 5.90. The van der Waals surface area contributed by atoms with Gasteiger partial charge in [-0.25, -0.2) is 9.78 Å². The summed E-state index contributed by atoms with van der Waals surface area (Å²) in [5, 5.41) is 11.8. The number of tetrazole rings is 1. The summed E-state index contributed by atoms with van der Waals surface area (Å²) in [7, 11) is 0. The summed E-state index contributed by atoms with van der Waals surface area (Å²) in [5.41, 5.74) is 0.0701. The second-order valence-electron chi connectivity index (χ2n) is 10.7. The molecule has 0 bridgehead atoms. The fourth-order valence-electron chi connectivity index (χ4n) is 5.06. The predicted molar refractivity (Wildman–Crippen MR) is 144 cm³/mol. The van der Waals surface area contributed by atoms with Crippen LogP contribution in [0, 0.1) is 0 Å². The van der Waals surface area contributed by atoms with Gasteiger partial charge in [0.2, 0.25) is 0 Å². The van der Waals surface area contributed by atoms with Crippen molar-refractivity contribution in [3.63, 3.8) is 0 Å². The highest BCUT2D eigenvalue weighted by Gasteiger charge is 2.44. The summed E-state index contributed by atoms with van der Waals surface area (Å²) in [6, 6.07) is 0.596. The number of benzene rings is 1. The average Bonchev–Trinajstić information content (AvgIpc) is 3.41. The molecule has 0 radical (unpaired) electrons. The molecule has 2 N–H and O–H groups in total. The molecule has 1 aromatic carbocycles. The summed E-state index contributed by atoms with van der Waals surface area (Å²) in [6.07, 6.45) is -16.7. The Morgan fingerprint density at radius 2 is 1.65 bits per heavy atom. The number of rotatable bonds is 8. The molecule has 0 saturated heterocycles. The van der Waals surface area contributed by atoms with Crippen LogP contribution in [0.2, 0.25) is 0 Å². The van der Waals surface area contributed by atoms with Crippen LogP contribution in [0.4, 0.5) is 55.9 Å². The van der Waals surface area contributed by atoms with Crippen molar-refractivity contribution in [2.24, 2.45) is 5.73 Å². The molecular weight excluding hydrogens is 639 g/mol. The van der Waals surface area contributed by atoms with Crippen LogP contribution in [-0.2, 0) is 36.4 Å². The number of nitrogens with zero attached hydrogens (tertiary/aromatic N) is 7. The Morgan fingerprint density at radius 3 is 2.17 bits per heavy atom. The lowest BCUT2D eigenvalue weighted by atomic mass is 9.91. The number of anilines is 2. The van der Waals surface area contributed by atoms with Crippen LogP contribution in [0.1, 0.15) is 67.7 Å². The first kappa shape index (κ1) is 34.7. The monoisotopic (exact) mass is 668 g/mol. The van der Waals surface area contributed by atoms with E-state index in [0.29, 0.717) is 18.2 Å². The molecule has 2 atom stereocenters. The molecule has 1 aliphatic heterocycles. The zero-order valence-corrected chi connectivity index (χ0v) is 24.6. The standard InChI is InChI=1S/C27H29F9N8O2/c1-4-18-12-20(22-19(44(18)24(45)46-14(2)3)5-6-21(38-22)27(34,35)36)42(23-39-41-43(40-23)8-7-37)13-15-9-16(25(28,29)30)11-17(10-15)26(31,32)33/h5-6,9-11,14,18,20H,4,7-8,12-13,37H2,1-3H3/t18-,20+/m0/s1. The van der Waals surface area contributed by atoms with Gasteiger partial charge in [-0.05, 0) is 67.8 Å². The molecule has 46 heavy (non-hydrogen) atoms. The fraction of sp³-hybridized carbons (Fsp3) is 0.519. The quantitative estimate of drug-likeness (QED) is 0.276. The van der Waals surface area contributed by atoms with E-state index in [1.807, 2.05) is 0 Å². The number of hydrogen-bond acceptors (Lipinski definition) is 8. The first-order valence-corrected chi connectivity index (χ1v) is 13.9. The lowest BCUT2D eigenvalue weighted by Gasteiger charge is -2.43. The number of carbonyl (C=O) groups excluding carboxylic acids is 1. The first-order valence-electron chi connectivity index (χ1n) is 13.9. The number of amides is 1. The molecule has 10 nitrogen and oxygen atoms in total. The number of fused-ring (bicyclic) bond motifs is 1. The van der Waals surface area contributed by atoms with Gasteiger partial charge < -0.3 is 15.4 Å². The number of hydrogen-bond donors (Lipinski definition) is 1. The van der Waals surface area contributed by atoms with Crippen LogP contribution in [0.3, 0.4) is 0 Å². The van der Waals surface area contributed by atoms with E-state index in [1.165, 1.54) is 0 Å². The Balaban J connectivity index is 1.95. The molecule has 0 fully saturated rings. The van der Waals surface area contributed by atoms with Crippen LogP contribution >= 0.6 is 0 Å². The molecule has 1 aliphatic rings. The van der Waals surface area contributed by atoms with Gasteiger partial charge in [-0.15, -0.1) is 5.10 Å². The molecule has 4 rings (SSSR count). The molecule has 3 heterocycles. The van der Waals surface area contributed by atoms with Crippen LogP contribution < -0.4 is 15.5 Å². The third-order valence-electron chi connectivity index (χ3n) is 7.04. The van der Waals surface area contributed by atoms with Gasteiger partial charge in [0, 0.05) is 19.1 Å². The fourth-order valence-corrected chi connectivity index (χ4v) is 5.06. The molecule has 3 aromatic rings. The highest BCUT2D eigenvalue weighted by Crippen LogP contribution is 2.44. The van der Waals surface area contributed by atoms with E-state index in [0.717, 1.165) is 20.7 Å². The van der Waals surface area contributed by atoms with Crippen molar-refractivity contribution in [3.8, 4) is 0 Å². The summed E-state index contributed by atoms with van der Waals surface area (Å²) >= 11 is 0. The van der Waals surface area contributed by atoms with Gasteiger partial charge in [-0.2, -0.15) is 44.3 Å². The number of nitrogens with two attached hydrogens (primary N) is 1. The molecule has 2 aromatic heterocycles. The van der Waals surface area contributed by atoms with Crippen molar-refractivity contribution in [1.82, 2.24) is 25.2 Å². The van der Waals surface area contributed by atoms with Crippen molar-refractivity contribution in [1.29, 1.82) is 0 Å². The SMILES string of the molecule is CC[C@H]1C[C@@H](N(Cc2cc(C(F)(F)F)cc(C(F)(F)F)c2)c2nnn(CCN)n2)c2nc(C(F)(F)F)ccc2N1C(=O)OC(C)C. The number of halogens is 9. The van der Waals surface area contributed by atoms with Crippen LogP contribution in [0.25, 0.3) is 0 Å². The second kappa shape index (κ2) is 12.9. The van der Waals surface area contributed by atoms with E-state index in [-0.39, 0.29) is 49.3 Å². The van der Waals surface area contributed by atoms with Crippen LogP contribution in [-0.4, -0.2) is 50.0 Å². The van der Waals surface area contributed by atoms with E-state index in [1.54, 1.807) is 20.8 Å². The van der Waals surface area contributed by atoms with Crippen molar-refractivity contribution in [3.05, 3.63) is 58.4 Å². The molecule has 19 heteroatoms. The zero-order valence-electron chi connectivity index (χ0n) is 24.6. The maximum absolute atomic E-state index is 13.9. The van der Waals surface area contributed by atoms with Gasteiger partial charge in [0.05, 0.1) is 41.2 Å². The van der Waals surface area contributed by atoms with Gasteiger partial charge in [-0.3, -0.25) is 4.90 Å².